The van der Waals surface area contributed by atoms with Crippen molar-refractivity contribution in [1.82, 2.24) is 9.55 Å². The number of rotatable bonds is 12. The molecule has 0 fully saturated rings. The average molecular weight is 590 g/mol. The number of carboxylic acids is 1. The molecule has 0 saturated heterocycles. The van der Waals surface area contributed by atoms with Gasteiger partial charge >= 0.3 is 0 Å². The van der Waals surface area contributed by atoms with E-state index in [0.717, 1.165) is 44.4 Å². The minimum Gasteiger partial charge on any atom is -0.550 e. The van der Waals surface area contributed by atoms with Crippen molar-refractivity contribution in [3.8, 4) is 28.7 Å². The lowest BCUT2D eigenvalue weighted by Crippen LogP contribution is -2.30. The number of oxazole rings is 1. The third-order valence-electron chi connectivity index (χ3n) is 7.82. The smallest absolute Gasteiger partial charge is 0.226 e. The van der Waals surface area contributed by atoms with Gasteiger partial charge in [0, 0.05) is 34.4 Å². The van der Waals surface area contributed by atoms with Crippen LogP contribution in [0.4, 0.5) is 0 Å². The molecule has 0 amide bonds. The van der Waals surface area contributed by atoms with Crippen molar-refractivity contribution in [3.05, 3.63) is 108 Å². The van der Waals surface area contributed by atoms with Crippen LogP contribution in [0.3, 0.4) is 0 Å². The summed E-state index contributed by atoms with van der Waals surface area (Å²) in [6.45, 7) is 4.64. The molecule has 44 heavy (non-hydrogen) atoms. The number of carbonyl (C=O) groups excluding carboxylic acids is 1. The zero-order chi connectivity index (χ0) is 30.6. The Balaban J connectivity index is 1.24. The summed E-state index contributed by atoms with van der Waals surface area (Å²) in [5, 5.41) is 13.2. The second-order valence-corrected chi connectivity index (χ2v) is 10.8. The van der Waals surface area contributed by atoms with Crippen LogP contribution in [0.1, 0.15) is 30.4 Å². The molecule has 4 aromatic carbocycles. The van der Waals surface area contributed by atoms with Gasteiger partial charge in [-0.15, -0.1) is 0 Å². The number of aliphatic carboxylic acids is 1. The van der Waals surface area contributed by atoms with Crippen LogP contribution < -0.4 is 19.3 Å². The minimum absolute atomic E-state index is 0.245. The Labute approximate surface area is 255 Å². The second kappa shape index (κ2) is 12.6. The highest BCUT2D eigenvalue weighted by Crippen LogP contribution is 2.37. The molecule has 0 bridgehead atoms. The van der Waals surface area contributed by atoms with Crippen LogP contribution in [0.25, 0.3) is 33.3 Å². The summed E-state index contributed by atoms with van der Waals surface area (Å²) in [5.74, 6) is 1.59. The molecule has 224 valence electrons. The van der Waals surface area contributed by atoms with Crippen molar-refractivity contribution in [1.29, 1.82) is 0 Å². The Bertz CT molecular complexity index is 1920. The Morgan fingerprint density at radius 2 is 1.68 bits per heavy atom. The van der Waals surface area contributed by atoms with Crippen LogP contribution in [0.5, 0.6) is 17.2 Å². The van der Waals surface area contributed by atoms with Crippen molar-refractivity contribution < 1.29 is 28.5 Å². The van der Waals surface area contributed by atoms with Crippen molar-refractivity contribution in [2.24, 2.45) is 5.92 Å². The fourth-order valence-electron chi connectivity index (χ4n) is 5.34. The number of carboxylic acid groups (broad SMARTS) is 1. The van der Waals surface area contributed by atoms with E-state index in [4.69, 9.17) is 18.6 Å². The Kier molecular flexibility index (Phi) is 8.23. The second-order valence-electron chi connectivity index (χ2n) is 10.8. The topological polar surface area (TPSA) is 98.8 Å². The van der Waals surface area contributed by atoms with Gasteiger partial charge in [-0.3, -0.25) is 0 Å². The van der Waals surface area contributed by atoms with Crippen LogP contribution in [0.2, 0.25) is 0 Å². The minimum atomic E-state index is -1.07. The van der Waals surface area contributed by atoms with Crippen molar-refractivity contribution >= 4 is 27.8 Å². The van der Waals surface area contributed by atoms with E-state index >= 15 is 0 Å². The number of aromatic nitrogens is 2. The number of ether oxygens (including phenoxy) is 3. The summed E-state index contributed by atoms with van der Waals surface area (Å²) >= 11 is 0. The largest absolute Gasteiger partial charge is 0.550 e. The molecule has 6 aromatic rings. The van der Waals surface area contributed by atoms with Crippen LogP contribution in [-0.2, 0) is 17.9 Å². The van der Waals surface area contributed by atoms with Crippen LogP contribution in [0, 0.1) is 12.8 Å². The maximum atomic E-state index is 11.1. The molecule has 0 aliphatic rings. The molecule has 0 aliphatic heterocycles. The molecule has 8 nitrogen and oxygen atoms in total. The van der Waals surface area contributed by atoms with Gasteiger partial charge in [-0.25, -0.2) is 4.98 Å². The van der Waals surface area contributed by atoms with Crippen molar-refractivity contribution in [3.63, 3.8) is 0 Å². The summed E-state index contributed by atoms with van der Waals surface area (Å²) in [6.07, 6.45) is 0.371. The van der Waals surface area contributed by atoms with Gasteiger partial charge in [-0.2, -0.15) is 0 Å². The standard InChI is InChI=1S/C36H34N2O6/c1-23(36(39)40)18-19-42-32-15-9-14-30-34(32)27-12-7-8-13-29(27)38(30)21-25-16-17-31(33(20-25)41-3)43-22-28-24(2)44-35(37-28)26-10-5-4-6-11-26/h4-17,20,23H,18-19,21-22H2,1-3H3,(H,39,40)/p-1. The predicted octanol–water partition coefficient (Wildman–Crippen LogP) is 6.55. The molecule has 0 saturated carbocycles. The van der Waals surface area contributed by atoms with Gasteiger partial charge in [0.1, 0.15) is 23.8 Å². The van der Waals surface area contributed by atoms with Gasteiger partial charge in [0.25, 0.3) is 0 Å². The number of benzene rings is 4. The maximum absolute atomic E-state index is 11.1. The Morgan fingerprint density at radius 3 is 2.48 bits per heavy atom. The summed E-state index contributed by atoms with van der Waals surface area (Å²) in [6, 6.07) is 29.9. The molecule has 0 radical (unpaired) electrons. The van der Waals surface area contributed by atoms with Gasteiger partial charge in [-0.05, 0) is 67.3 Å². The highest BCUT2D eigenvalue weighted by atomic mass is 16.5. The summed E-state index contributed by atoms with van der Waals surface area (Å²) in [7, 11) is 1.63. The van der Waals surface area contributed by atoms with Crippen LogP contribution in [-0.4, -0.2) is 29.2 Å². The van der Waals surface area contributed by atoms with E-state index < -0.39 is 11.9 Å². The van der Waals surface area contributed by atoms with Gasteiger partial charge in [0.15, 0.2) is 11.5 Å². The lowest BCUT2D eigenvalue weighted by Gasteiger charge is -2.14. The van der Waals surface area contributed by atoms with E-state index in [0.29, 0.717) is 36.1 Å². The lowest BCUT2D eigenvalue weighted by atomic mass is 10.1. The normalized spacial score (nSPS) is 12.0. The highest BCUT2D eigenvalue weighted by Gasteiger charge is 2.17. The third kappa shape index (κ3) is 5.83. The van der Waals surface area contributed by atoms with E-state index in [-0.39, 0.29) is 13.2 Å². The van der Waals surface area contributed by atoms with Gasteiger partial charge in [0.2, 0.25) is 5.89 Å². The number of nitrogens with zero attached hydrogens (tertiary/aromatic N) is 2. The summed E-state index contributed by atoms with van der Waals surface area (Å²) < 4.78 is 26.1. The van der Waals surface area contributed by atoms with E-state index in [1.54, 1.807) is 14.0 Å². The first-order valence-corrected chi connectivity index (χ1v) is 14.6. The number of aryl methyl sites for hydroxylation is 1. The third-order valence-corrected chi connectivity index (χ3v) is 7.82. The zero-order valence-electron chi connectivity index (χ0n) is 24.9. The molecule has 0 spiro atoms. The Morgan fingerprint density at radius 1 is 0.909 bits per heavy atom. The van der Waals surface area contributed by atoms with E-state index in [1.165, 1.54) is 0 Å². The van der Waals surface area contributed by atoms with Crippen molar-refractivity contribution in [2.75, 3.05) is 13.7 Å². The summed E-state index contributed by atoms with van der Waals surface area (Å²) in [4.78, 5) is 15.8. The number of para-hydroxylation sites is 1. The molecule has 6 rings (SSSR count). The number of carbonyl (C=O) groups is 1. The highest BCUT2D eigenvalue weighted by molar-refractivity contribution is 6.11. The molecular weight excluding hydrogens is 556 g/mol. The summed E-state index contributed by atoms with van der Waals surface area (Å²) in [5.41, 5.74) is 4.77. The van der Waals surface area contributed by atoms with E-state index in [2.05, 4.69) is 27.8 Å². The van der Waals surface area contributed by atoms with Gasteiger partial charge in [0.05, 0.1) is 19.2 Å². The molecule has 0 N–H and O–H groups in total. The molecule has 0 aliphatic carbocycles. The van der Waals surface area contributed by atoms with Gasteiger partial charge < -0.3 is 33.1 Å². The monoisotopic (exact) mass is 589 g/mol. The average Bonchev–Trinajstić information content (AvgIpc) is 3.58. The van der Waals surface area contributed by atoms with Crippen molar-refractivity contribution in [2.45, 2.75) is 33.4 Å². The number of fused-ring (bicyclic) bond motifs is 3. The SMILES string of the molecule is COc1cc(Cn2c3ccccc3c3c(OCCC(C)C(=O)[O-])cccc32)ccc1OCc1nc(-c2ccccc2)oc1C. The molecule has 1 unspecified atom stereocenters. The number of hydrogen-bond donors (Lipinski definition) is 0. The zero-order valence-corrected chi connectivity index (χ0v) is 24.9. The van der Waals surface area contributed by atoms with E-state index in [1.807, 2.05) is 79.7 Å². The first-order valence-electron chi connectivity index (χ1n) is 14.6. The van der Waals surface area contributed by atoms with E-state index in [9.17, 15) is 9.90 Å². The lowest BCUT2D eigenvalue weighted by molar-refractivity contribution is -0.311. The number of methoxy groups -OCH3 is 1. The first kappa shape index (κ1) is 28.9. The quantitative estimate of drug-likeness (QED) is 0.160. The fourth-order valence-corrected chi connectivity index (χ4v) is 5.34. The molecule has 1 atom stereocenters. The fraction of sp³-hybridized carbons (Fsp3) is 0.222. The molecule has 2 heterocycles. The van der Waals surface area contributed by atoms with Gasteiger partial charge in [-0.1, -0.05) is 55.5 Å². The molecular formula is C36H33N2O6-. The molecule has 2 aromatic heterocycles. The first-order chi connectivity index (χ1) is 21.4. The van der Waals surface area contributed by atoms with Crippen LogP contribution >= 0.6 is 0 Å². The predicted molar refractivity (Wildman–Crippen MR) is 167 cm³/mol. The maximum Gasteiger partial charge on any atom is 0.226 e. The number of hydrogen-bond acceptors (Lipinski definition) is 7. The Hall–Kier alpha value is -5.24. The van der Waals surface area contributed by atoms with Crippen LogP contribution in [0.15, 0.2) is 95.4 Å². The molecule has 8 heteroatoms.